The number of carbonyl (C=O) groups is 2. The molecule has 1 saturated carbocycles. The van der Waals surface area contributed by atoms with Gasteiger partial charge < -0.3 is 25.2 Å². The Morgan fingerprint density at radius 3 is 2.27 bits per heavy atom. The maximum Gasteiger partial charge on any atom is 0.323 e. The third-order valence-corrected chi connectivity index (χ3v) is 6.60. The number of carbonyl (C=O) groups excluding carboxylic acids is 2. The molecule has 2 aliphatic rings. The van der Waals surface area contributed by atoms with Crippen LogP contribution in [0.2, 0.25) is 0 Å². The summed E-state index contributed by atoms with van der Waals surface area (Å²) in [5, 5.41) is 23.7. The van der Waals surface area contributed by atoms with E-state index in [1.165, 1.54) is 12.1 Å². The van der Waals surface area contributed by atoms with Gasteiger partial charge in [-0.15, -0.1) is 0 Å². The average Bonchev–Trinajstić information content (AvgIpc) is 3.26. The molecule has 1 amide bonds. The molecule has 0 aromatic heterocycles. The number of aromatic hydroxyl groups is 2. The van der Waals surface area contributed by atoms with Crippen molar-refractivity contribution < 1.29 is 24.5 Å². The van der Waals surface area contributed by atoms with E-state index in [0.717, 1.165) is 32.1 Å². The molecule has 1 aliphatic heterocycles. The Hall–Kier alpha value is -2.54. The second kappa shape index (κ2) is 11.1. The maximum absolute atomic E-state index is 13.0. The fraction of sp³-hybridized carbons (Fsp3) is 0.615. The maximum atomic E-state index is 13.0. The number of hydrogen-bond donors (Lipinski definition) is 3. The van der Waals surface area contributed by atoms with E-state index < -0.39 is 0 Å². The first-order valence-electron chi connectivity index (χ1n) is 12.1. The van der Waals surface area contributed by atoms with E-state index in [4.69, 9.17) is 4.74 Å². The summed E-state index contributed by atoms with van der Waals surface area (Å²) in [6.07, 6.45) is 6.35. The largest absolute Gasteiger partial charge is 0.507 e. The van der Waals surface area contributed by atoms with Gasteiger partial charge in [0.15, 0.2) is 0 Å². The normalized spacial score (nSPS) is 18.5. The van der Waals surface area contributed by atoms with Crippen molar-refractivity contribution in [1.82, 2.24) is 10.2 Å². The van der Waals surface area contributed by atoms with Crippen LogP contribution in [-0.4, -0.2) is 58.3 Å². The number of phenolic OH excluding ortho intramolecular Hbond substituents is 2. The van der Waals surface area contributed by atoms with E-state index in [2.05, 4.69) is 25.7 Å². The fourth-order valence-electron chi connectivity index (χ4n) is 4.75. The highest BCUT2D eigenvalue weighted by atomic mass is 16.5. The molecule has 1 heterocycles. The molecule has 0 spiro atoms. The summed E-state index contributed by atoms with van der Waals surface area (Å²) in [6.45, 7) is 10.8. The summed E-state index contributed by atoms with van der Waals surface area (Å²) in [5.74, 6) is -0.405. The molecule has 0 unspecified atom stereocenters. The molecule has 1 aromatic rings. The van der Waals surface area contributed by atoms with Gasteiger partial charge in [0.05, 0.1) is 5.56 Å². The van der Waals surface area contributed by atoms with Crippen molar-refractivity contribution in [3.05, 3.63) is 29.8 Å². The van der Waals surface area contributed by atoms with Gasteiger partial charge in [-0.3, -0.25) is 9.59 Å². The Morgan fingerprint density at radius 2 is 1.70 bits per heavy atom. The summed E-state index contributed by atoms with van der Waals surface area (Å²) in [4.78, 5) is 27.6. The van der Waals surface area contributed by atoms with Crippen molar-refractivity contribution in [3.63, 3.8) is 0 Å². The van der Waals surface area contributed by atoms with Crippen LogP contribution in [0.15, 0.2) is 18.7 Å². The number of amides is 1. The predicted molar refractivity (Wildman–Crippen MR) is 128 cm³/mol. The van der Waals surface area contributed by atoms with Crippen LogP contribution in [0, 0.1) is 5.92 Å². The molecule has 1 aliphatic carbocycles. The lowest BCUT2D eigenvalue weighted by molar-refractivity contribution is -0.152. The van der Waals surface area contributed by atoms with Gasteiger partial charge in [-0.05, 0) is 69.4 Å². The molecular formula is C26H38N2O5. The Kier molecular flexibility index (Phi) is 8.40. The molecular weight excluding hydrogens is 420 g/mol. The van der Waals surface area contributed by atoms with E-state index in [0.29, 0.717) is 43.0 Å². The number of esters is 1. The molecule has 1 saturated heterocycles. The van der Waals surface area contributed by atoms with Gasteiger partial charge in [0.1, 0.15) is 23.6 Å². The van der Waals surface area contributed by atoms with Gasteiger partial charge in [0, 0.05) is 30.8 Å². The highest BCUT2D eigenvalue weighted by Crippen LogP contribution is 2.32. The van der Waals surface area contributed by atoms with Crippen LogP contribution in [0.25, 0.3) is 5.57 Å². The van der Waals surface area contributed by atoms with Crippen molar-refractivity contribution in [1.29, 1.82) is 0 Å². The van der Waals surface area contributed by atoms with Crippen LogP contribution in [0.3, 0.4) is 0 Å². The monoisotopic (exact) mass is 458 g/mol. The lowest BCUT2D eigenvalue weighted by Crippen LogP contribution is -2.51. The third-order valence-electron chi connectivity index (χ3n) is 6.60. The summed E-state index contributed by atoms with van der Waals surface area (Å²) in [5.41, 5.74) is 1.23. The zero-order valence-corrected chi connectivity index (χ0v) is 20.1. The Balaban J connectivity index is 1.59. The molecule has 7 heteroatoms. The number of nitrogens with zero attached hydrogens (tertiary/aromatic N) is 1. The van der Waals surface area contributed by atoms with Crippen LogP contribution in [-0.2, 0) is 9.53 Å². The Labute approximate surface area is 196 Å². The summed E-state index contributed by atoms with van der Waals surface area (Å²) in [7, 11) is 0. The van der Waals surface area contributed by atoms with Crippen LogP contribution in [0.1, 0.15) is 81.6 Å². The van der Waals surface area contributed by atoms with Gasteiger partial charge in [-0.2, -0.15) is 0 Å². The number of ether oxygens (including phenoxy) is 1. The molecule has 1 aromatic carbocycles. The number of allylic oxidation sites excluding steroid dienone is 1. The summed E-state index contributed by atoms with van der Waals surface area (Å²) >= 11 is 0. The lowest BCUT2D eigenvalue weighted by Gasteiger charge is -2.35. The number of hydrogen-bond acceptors (Lipinski definition) is 6. The van der Waals surface area contributed by atoms with Crippen molar-refractivity contribution in [3.8, 4) is 11.5 Å². The van der Waals surface area contributed by atoms with Crippen LogP contribution >= 0.6 is 0 Å². The summed E-state index contributed by atoms with van der Waals surface area (Å²) in [6, 6.07) is 2.47. The first kappa shape index (κ1) is 25.1. The van der Waals surface area contributed by atoms with Gasteiger partial charge in [0.25, 0.3) is 5.91 Å². The fourth-order valence-corrected chi connectivity index (χ4v) is 4.75. The summed E-state index contributed by atoms with van der Waals surface area (Å²) < 4.78 is 5.77. The van der Waals surface area contributed by atoms with Gasteiger partial charge >= 0.3 is 5.97 Å². The molecule has 2 fully saturated rings. The molecule has 0 radical (unpaired) electrons. The van der Waals surface area contributed by atoms with Crippen LogP contribution in [0.4, 0.5) is 0 Å². The SMILES string of the molecule is C=C(C)c1cc(C(=O)N2CCC(N[C@@H](CC(C)C)C(=O)OC3CCCC3)CC2)c(O)cc1O. The minimum absolute atomic E-state index is 0.0514. The average molecular weight is 459 g/mol. The zero-order chi connectivity index (χ0) is 24.1. The van der Waals surface area contributed by atoms with E-state index in [1.807, 2.05) is 0 Å². The second-order valence-corrected chi connectivity index (χ2v) is 9.93. The van der Waals surface area contributed by atoms with Gasteiger partial charge in [0.2, 0.25) is 0 Å². The number of nitrogens with one attached hydrogen (secondary N) is 1. The highest BCUT2D eigenvalue weighted by molar-refractivity contribution is 5.98. The first-order chi connectivity index (χ1) is 15.7. The Bertz CT molecular complexity index is 868. The standard InChI is InChI=1S/C26H38N2O5/c1-16(2)13-22(26(32)33-19-7-5-6-8-19)27-18-9-11-28(12-10-18)25(31)21-14-20(17(3)4)23(29)15-24(21)30/h14-16,18-19,22,27,29-30H,3,5-13H2,1-2,4H3/t22-/m0/s1. The van der Waals surface area contributed by atoms with Gasteiger partial charge in [-0.25, -0.2) is 0 Å². The number of benzene rings is 1. The number of phenols is 2. The minimum Gasteiger partial charge on any atom is -0.507 e. The Morgan fingerprint density at radius 1 is 1.09 bits per heavy atom. The smallest absolute Gasteiger partial charge is 0.323 e. The van der Waals surface area contributed by atoms with Crippen LogP contribution < -0.4 is 5.32 Å². The van der Waals surface area contributed by atoms with E-state index in [-0.39, 0.29) is 47.1 Å². The third kappa shape index (κ3) is 6.50. The number of piperidine rings is 1. The van der Waals surface area contributed by atoms with Gasteiger partial charge in [-0.1, -0.05) is 20.4 Å². The first-order valence-corrected chi connectivity index (χ1v) is 12.1. The van der Waals surface area contributed by atoms with Crippen molar-refractivity contribution in [2.45, 2.75) is 83.9 Å². The number of likely N-dealkylation sites (tertiary alicyclic amines) is 1. The second-order valence-electron chi connectivity index (χ2n) is 9.93. The zero-order valence-electron chi connectivity index (χ0n) is 20.1. The molecule has 33 heavy (non-hydrogen) atoms. The van der Waals surface area contributed by atoms with Crippen molar-refractivity contribution >= 4 is 17.4 Å². The van der Waals surface area contributed by atoms with Crippen molar-refractivity contribution in [2.75, 3.05) is 13.1 Å². The molecule has 3 N–H and O–H groups in total. The number of rotatable bonds is 8. The van der Waals surface area contributed by atoms with E-state index in [1.54, 1.807) is 11.8 Å². The quantitative estimate of drug-likeness (QED) is 0.505. The topological polar surface area (TPSA) is 99.1 Å². The van der Waals surface area contributed by atoms with Crippen LogP contribution in [0.5, 0.6) is 11.5 Å². The van der Waals surface area contributed by atoms with Crippen molar-refractivity contribution in [2.24, 2.45) is 5.92 Å². The van der Waals surface area contributed by atoms with E-state index in [9.17, 15) is 19.8 Å². The minimum atomic E-state index is -0.336. The molecule has 1 atom stereocenters. The predicted octanol–water partition coefficient (Wildman–Crippen LogP) is 4.23. The molecule has 7 nitrogen and oxygen atoms in total. The molecule has 182 valence electrons. The lowest BCUT2D eigenvalue weighted by atomic mass is 9.98. The molecule has 3 rings (SSSR count). The highest BCUT2D eigenvalue weighted by Gasteiger charge is 2.31. The molecule has 0 bridgehead atoms. The van der Waals surface area contributed by atoms with E-state index >= 15 is 0 Å².